The molecule has 118 valence electrons. The Labute approximate surface area is 141 Å². The highest BCUT2D eigenvalue weighted by molar-refractivity contribution is 7.18. The lowest BCUT2D eigenvalue weighted by Gasteiger charge is -2.07. The van der Waals surface area contributed by atoms with E-state index in [1.165, 1.54) is 22.2 Å². The van der Waals surface area contributed by atoms with E-state index in [-0.39, 0.29) is 18.0 Å². The topological polar surface area (TPSA) is 64.0 Å². The van der Waals surface area contributed by atoms with Crippen LogP contribution in [0.3, 0.4) is 0 Å². The lowest BCUT2D eigenvalue weighted by molar-refractivity contribution is -0.116. The molecule has 3 aromatic rings. The smallest absolute Gasteiger partial charge is 0.262 e. The van der Waals surface area contributed by atoms with E-state index in [2.05, 4.69) is 10.3 Å². The first-order chi connectivity index (χ1) is 11.1. The van der Waals surface area contributed by atoms with Gasteiger partial charge in [-0.15, -0.1) is 11.3 Å². The fourth-order valence-electron chi connectivity index (χ4n) is 2.19. The second-order valence-corrected chi connectivity index (χ2v) is 6.57. The maximum atomic E-state index is 12.4. The van der Waals surface area contributed by atoms with Crippen molar-refractivity contribution in [1.29, 1.82) is 0 Å². The second-order valence-electron chi connectivity index (χ2n) is 5.02. The van der Waals surface area contributed by atoms with Crippen LogP contribution in [0.1, 0.15) is 11.8 Å². The molecule has 0 bridgehead atoms. The first-order valence-electron chi connectivity index (χ1n) is 7.10. The number of aryl methyl sites for hydroxylation is 1. The molecule has 2 aromatic heterocycles. The number of nitrogens with zero attached hydrogens (tertiary/aromatic N) is 2. The van der Waals surface area contributed by atoms with Gasteiger partial charge in [0.05, 0.1) is 11.7 Å². The Kier molecular flexibility index (Phi) is 4.45. The third kappa shape index (κ3) is 3.43. The lowest BCUT2D eigenvalue weighted by atomic mass is 10.3. The minimum Gasteiger partial charge on any atom is -0.325 e. The highest BCUT2D eigenvalue weighted by Crippen LogP contribution is 2.21. The van der Waals surface area contributed by atoms with Crippen molar-refractivity contribution in [2.75, 3.05) is 5.32 Å². The maximum Gasteiger partial charge on any atom is 0.262 e. The van der Waals surface area contributed by atoms with Gasteiger partial charge in [0.25, 0.3) is 5.56 Å². The van der Waals surface area contributed by atoms with Gasteiger partial charge in [-0.3, -0.25) is 14.2 Å². The molecule has 0 aliphatic carbocycles. The van der Waals surface area contributed by atoms with E-state index in [1.54, 1.807) is 24.3 Å². The Hall–Kier alpha value is -2.18. The van der Waals surface area contributed by atoms with Crippen LogP contribution in [0.25, 0.3) is 10.2 Å². The number of carbonyl (C=O) groups is 1. The van der Waals surface area contributed by atoms with E-state index in [0.717, 1.165) is 11.3 Å². The number of hydrogen-bond donors (Lipinski definition) is 1. The van der Waals surface area contributed by atoms with Crippen molar-refractivity contribution in [1.82, 2.24) is 9.55 Å². The monoisotopic (exact) mass is 347 g/mol. The molecule has 0 saturated heterocycles. The number of anilines is 1. The van der Waals surface area contributed by atoms with Crippen molar-refractivity contribution < 1.29 is 4.79 Å². The average Bonchev–Trinajstić information content (AvgIpc) is 2.96. The molecular weight excluding hydrogens is 334 g/mol. The van der Waals surface area contributed by atoms with Gasteiger partial charge in [-0.2, -0.15) is 0 Å². The summed E-state index contributed by atoms with van der Waals surface area (Å²) < 4.78 is 1.32. The van der Waals surface area contributed by atoms with E-state index in [0.29, 0.717) is 20.9 Å². The summed E-state index contributed by atoms with van der Waals surface area (Å²) in [6, 6.07) is 8.64. The number of thiophene rings is 1. The van der Waals surface area contributed by atoms with Crippen molar-refractivity contribution in [2.24, 2.45) is 0 Å². The summed E-state index contributed by atoms with van der Waals surface area (Å²) in [7, 11) is 0. The number of hydrogen-bond acceptors (Lipinski definition) is 4. The molecule has 2 heterocycles. The van der Waals surface area contributed by atoms with Crippen LogP contribution in [-0.2, 0) is 17.8 Å². The molecular formula is C16H14ClN3O2S. The molecule has 23 heavy (non-hydrogen) atoms. The van der Waals surface area contributed by atoms with Crippen molar-refractivity contribution >= 4 is 44.7 Å². The van der Waals surface area contributed by atoms with Gasteiger partial charge in [-0.05, 0) is 36.8 Å². The van der Waals surface area contributed by atoms with E-state index in [4.69, 9.17) is 11.6 Å². The third-order valence-corrected chi connectivity index (χ3v) is 4.80. The van der Waals surface area contributed by atoms with Gasteiger partial charge in [0.2, 0.25) is 5.91 Å². The number of nitrogens with one attached hydrogen (secondary N) is 1. The summed E-state index contributed by atoms with van der Waals surface area (Å²) in [5.41, 5.74) is 0.433. The minimum absolute atomic E-state index is 0.0816. The molecule has 0 aliphatic heterocycles. The molecule has 0 spiro atoms. The Balaban J connectivity index is 1.80. The van der Waals surface area contributed by atoms with E-state index < -0.39 is 0 Å². The number of benzene rings is 1. The van der Waals surface area contributed by atoms with Crippen molar-refractivity contribution in [2.45, 2.75) is 19.9 Å². The molecule has 0 fully saturated rings. The zero-order valence-electron chi connectivity index (χ0n) is 12.4. The molecule has 0 saturated carbocycles. The first-order valence-corrected chi connectivity index (χ1v) is 8.29. The summed E-state index contributed by atoms with van der Waals surface area (Å²) >= 11 is 7.31. The van der Waals surface area contributed by atoms with Crippen molar-refractivity contribution in [3.8, 4) is 0 Å². The van der Waals surface area contributed by atoms with Gasteiger partial charge < -0.3 is 5.32 Å². The fraction of sp³-hybridized carbons (Fsp3) is 0.188. The average molecular weight is 348 g/mol. The van der Waals surface area contributed by atoms with Crippen molar-refractivity contribution in [3.63, 3.8) is 0 Å². The number of rotatable bonds is 4. The molecule has 5 nitrogen and oxygen atoms in total. The van der Waals surface area contributed by atoms with Gasteiger partial charge >= 0.3 is 0 Å². The molecule has 1 N–H and O–H groups in total. The number of amides is 1. The minimum atomic E-state index is -0.290. The lowest BCUT2D eigenvalue weighted by Crippen LogP contribution is -2.27. The van der Waals surface area contributed by atoms with E-state index in [9.17, 15) is 9.59 Å². The molecule has 3 rings (SSSR count). The molecule has 1 aromatic carbocycles. The van der Waals surface area contributed by atoms with Crippen LogP contribution in [0.5, 0.6) is 0 Å². The summed E-state index contributed by atoms with van der Waals surface area (Å²) in [5.74, 6) is -0.290. The number of aromatic nitrogens is 2. The zero-order valence-corrected chi connectivity index (χ0v) is 13.9. The van der Waals surface area contributed by atoms with Crippen LogP contribution >= 0.6 is 22.9 Å². The largest absolute Gasteiger partial charge is 0.325 e. The molecule has 1 amide bonds. The second kappa shape index (κ2) is 6.52. The standard InChI is InChI=1S/C16H14ClN3O2S/c1-2-12-7-13-15(23-12)18-9-20(16(13)22)8-14(21)19-11-5-3-10(17)4-6-11/h3-7,9H,2,8H2,1H3,(H,19,21). The van der Waals surface area contributed by atoms with Gasteiger partial charge in [-0.1, -0.05) is 18.5 Å². The highest BCUT2D eigenvalue weighted by atomic mass is 35.5. The van der Waals surface area contributed by atoms with Crippen molar-refractivity contribution in [3.05, 3.63) is 56.9 Å². The molecule has 7 heteroatoms. The Morgan fingerprint density at radius 1 is 1.35 bits per heavy atom. The number of fused-ring (bicyclic) bond motifs is 1. The highest BCUT2D eigenvalue weighted by Gasteiger charge is 2.11. The van der Waals surface area contributed by atoms with Crippen LogP contribution < -0.4 is 10.9 Å². The molecule has 0 aliphatic rings. The summed E-state index contributed by atoms with van der Waals surface area (Å²) in [5, 5.41) is 3.89. The zero-order chi connectivity index (χ0) is 16.4. The van der Waals surface area contributed by atoms with Crippen LogP contribution in [0.2, 0.25) is 5.02 Å². The normalized spacial score (nSPS) is 10.9. The summed E-state index contributed by atoms with van der Waals surface area (Å²) in [6.45, 7) is 1.95. The van der Waals surface area contributed by atoms with Gasteiger partial charge in [-0.25, -0.2) is 4.98 Å². The number of carbonyl (C=O) groups excluding carboxylic acids is 1. The third-order valence-electron chi connectivity index (χ3n) is 3.36. The quantitative estimate of drug-likeness (QED) is 0.787. The molecule has 0 unspecified atom stereocenters. The van der Waals surface area contributed by atoms with E-state index >= 15 is 0 Å². The van der Waals surface area contributed by atoms with Gasteiger partial charge in [0, 0.05) is 15.6 Å². The van der Waals surface area contributed by atoms with Crippen LogP contribution in [0.4, 0.5) is 5.69 Å². The number of halogens is 1. The predicted octanol–water partition coefficient (Wildman–Crippen LogP) is 3.31. The predicted molar refractivity (Wildman–Crippen MR) is 93.3 cm³/mol. The summed E-state index contributed by atoms with van der Waals surface area (Å²) in [6.07, 6.45) is 2.28. The fourth-order valence-corrected chi connectivity index (χ4v) is 3.24. The van der Waals surface area contributed by atoms with E-state index in [1.807, 2.05) is 13.0 Å². The van der Waals surface area contributed by atoms with Crippen LogP contribution in [0, 0.1) is 0 Å². The Morgan fingerprint density at radius 2 is 2.09 bits per heavy atom. The summed E-state index contributed by atoms with van der Waals surface area (Å²) in [4.78, 5) is 30.6. The van der Waals surface area contributed by atoms with Crippen LogP contribution in [0.15, 0.2) is 41.5 Å². The molecule has 0 radical (unpaired) electrons. The Bertz CT molecular complexity index is 915. The van der Waals surface area contributed by atoms with Crippen LogP contribution in [-0.4, -0.2) is 15.5 Å². The Morgan fingerprint density at radius 3 is 2.78 bits per heavy atom. The first kappa shape index (κ1) is 15.7. The molecule has 0 atom stereocenters. The van der Waals surface area contributed by atoms with Gasteiger partial charge in [0.15, 0.2) is 0 Å². The van der Waals surface area contributed by atoms with Gasteiger partial charge in [0.1, 0.15) is 11.4 Å². The SMILES string of the molecule is CCc1cc2c(=O)n(CC(=O)Nc3ccc(Cl)cc3)cnc2s1. The maximum absolute atomic E-state index is 12.4.